The van der Waals surface area contributed by atoms with Gasteiger partial charge < -0.3 is 15.5 Å². The maximum Gasteiger partial charge on any atom is 0.317 e. The maximum absolute atomic E-state index is 12.5. The zero-order valence-corrected chi connectivity index (χ0v) is 15.2. The highest BCUT2D eigenvalue weighted by atomic mass is 32.1. The molecule has 1 spiro atoms. The average molecular weight is 350 g/mol. The summed E-state index contributed by atoms with van der Waals surface area (Å²) in [6.07, 6.45) is 0.499. The van der Waals surface area contributed by atoms with E-state index in [4.69, 9.17) is 0 Å². The van der Waals surface area contributed by atoms with E-state index in [9.17, 15) is 9.59 Å². The van der Waals surface area contributed by atoms with Crippen LogP contribution in [-0.2, 0) is 11.3 Å². The van der Waals surface area contributed by atoms with Crippen molar-refractivity contribution in [3.05, 3.63) is 22.4 Å². The first-order valence-corrected chi connectivity index (χ1v) is 9.46. The maximum atomic E-state index is 12.5. The smallest absolute Gasteiger partial charge is 0.317 e. The third-order valence-corrected chi connectivity index (χ3v) is 5.39. The summed E-state index contributed by atoms with van der Waals surface area (Å²) in [6.45, 7) is 8.45. The fraction of sp³-hybridized carbons (Fsp3) is 0.647. The zero-order chi connectivity index (χ0) is 17.2. The van der Waals surface area contributed by atoms with Gasteiger partial charge in [-0.2, -0.15) is 11.3 Å². The molecule has 2 N–H and O–H groups in total. The van der Waals surface area contributed by atoms with Crippen molar-refractivity contribution in [2.24, 2.45) is 5.41 Å². The molecule has 24 heavy (non-hydrogen) atoms. The first kappa shape index (κ1) is 17.2. The molecule has 0 bridgehead atoms. The Morgan fingerprint density at radius 1 is 1.42 bits per heavy atom. The van der Waals surface area contributed by atoms with Gasteiger partial charge in [-0.1, -0.05) is 0 Å². The van der Waals surface area contributed by atoms with Crippen molar-refractivity contribution in [1.29, 1.82) is 0 Å². The van der Waals surface area contributed by atoms with Crippen LogP contribution in [0.15, 0.2) is 16.8 Å². The summed E-state index contributed by atoms with van der Waals surface area (Å²) < 4.78 is 0. The number of thiophene rings is 1. The molecule has 6 nitrogen and oxygen atoms in total. The highest BCUT2D eigenvalue weighted by Gasteiger charge is 2.43. The fourth-order valence-corrected chi connectivity index (χ4v) is 4.27. The van der Waals surface area contributed by atoms with Crippen molar-refractivity contribution in [2.75, 3.05) is 32.7 Å². The molecule has 2 aliphatic rings. The highest BCUT2D eigenvalue weighted by Crippen LogP contribution is 2.31. The Morgan fingerprint density at radius 2 is 2.25 bits per heavy atom. The first-order chi connectivity index (χ1) is 11.5. The fourth-order valence-electron chi connectivity index (χ4n) is 3.61. The summed E-state index contributed by atoms with van der Waals surface area (Å²) in [5.41, 5.74) is 1.12. The molecule has 3 rings (SSSR count). The number of carbonyl (C=O) groups is 2. The largest absolute Gasteiger partial charge is 0.355 e. The van der Waals surface area contributed by atoms with Gasteiger partial charge in [0.1, 0.15) is 0 Å². The molecule has 0 unspecified atom stereocenters. The standard InChI is InChI=1S/C17H26N4O2S/c1-13(2)19-16(23)21-5-4-20(8-14-3-6-24-9-14)11-17(12-21)7-15(22)18-10-17/h3,6,9,13H,4-5,7-8,10-12H2,1-2H3,(H,18,22)(H,19,23)/t17-/m0/s1. The summed E-state index contributed by atoms with van der Waals surface area (Å²) in [5.74, 6) is 0.0941. The number of nitrogens with one attached hydrogen (secondary N) is 2. The second-order valence-corrected chi connectivity index (χ2v) is 8.10. The summed E-state index contributed by atoms with van der Waals surface area (Å²) in [5, 5.41) is 10.2. The van der Waals surface area contributed by atoms with E-state index >= 15 is 0 Å². The topological polar surface area (TPSA) is 64.7 Å². The Hall–Kier alpha value is -1.60. The van der Waals surface area contributed by atoms with E-state index in [0.29, 0.717) is 26.1 Å². The number of carbonyl (C=O) groups excluding carboxylic acids is 2. The van der Waals surface area contributed by atoms with Crippen LogP contribution in [0.1, 0.15) is 25.8 Å². The van der Waals surface area contributed by atoms with Crippen molar-refractivity contribution in [3.8, 4) is 0 Å². The SMILES string of the molecule is CC(C)NC(=O)N1CCN(Cc2ccsc2)C[C@]2(CNC(=O)C2)C1. The molecule has 2 fully saturated rings. The van der Waals surface area contributed by atoms with Crippen molar-refractivity contribution in [1.82, 2.24) is 20.4 Å². The molecule has 1 aromatic heterocycles. The summed E-state index contributed by atoms with van der Waals surface area (Å²) in [7, 11) is 0. The monoisotopic (exact) mass is 350 g/mol. The number of hydrogen-bond acceptors (Lipinski definition) is 4. The Kier molecular flexibility index (Phi) is 5.10. The molecule has 0 aliphatic carbocycles. The van der Waals surface area contributed by atoms with Gasteiger partial charge in [-0.25, -0.2) is 4.79 Å². The van der Waals surface area contributed by atoms with Crippen LogP contribution in [0.25, 0.3) is 0 Å². The Labute approximate surface area is 147 Å². The molecule has 1 atom stereocenters. The van der Waals surface area contributed by atoms with Crippen LogP contribution in [0.4, 0.5) is 4.79 Å². The van der Waals surface area contributed by atoms with Gasteiger partial charge in [-0.15, -0.1) is 0 Å². The summed E-state index contributed by atoms with van der Waals surface area (Å²) in [6, 6.07) is 2.23. The molecule has 0 saturated carbocycles. The predicted molar refractivity (Wildman–Crippen MR) is 94.9 cm³/mol. The van der Waals surface area contributed by atoms with Gasteiger partial charge in [0.15, 0.2) is 0 Å². The Balaban J connectivity index is 1.75. The van der Waals surface area contributed by atoms with Crippen LogP contribution in [0, 0.1) is 5.41 Å². The molecule has 132 valence electrons. The minimum Gasteiger partial charge on any atom is -0.355 e. The van der Waals surface area contributed by atoms with E-state index in [1.165, 1.54) is 5.56 Å². The van der Waals surface area contributed by atoms with Crippen molar-refractivity contribution < 1.29 is 9.59 Å². The summed E-state index contributed by atoms with van der Waals surface area (Å²) >= 11 is 1.70. The lowest BCUT2D eigenvalue weighted by atomic mass is 9.86. The summed E-state index contributed by atoms with van der Waals surface area (Å²) in [4.78, 5) is 28.6. The third-order valence-electron chi connectivity index (χ3n) is 4.65. The number of urea groups is 1. The number of rotatable bonds is 3. The Bertz CT molecular complexity index is 589. The molecular weight excluding hydrogens is 324 g/mol. The van der Waals surface area contributed by atoms with Crippen LogP contribution in [-0.4, -0.2) is 60.5 Å². The van der Waals surface area contributed by atoms with Gasteiger partial charge in [0.25, 0.3) is 0 Å². The number of amides is 3. The number of nitrogens with zero attached hydrogens (tertiary/aromatic N) is 2. The van der Waals surface area contributed by atoms with E-state index in [1.54, 1.807) is 11.3 Å². The second-order valence-electron chi connectivity index (χ2n) is 7.32. The van der Waals surface area contributed by atoms with E-state index in [1.807, 2.05) is 18.7 Å². The van der Waals surface area contributed by atoms with Crippen LogP contribution in [0.5, 0.6) is 0 Å². The molecule has 2 aliphatic heterocycles. The molecular formula is C17H26N4O2S. The van der Waals surface area contributed by atoms with Crippen molar-refractivity contribution >= 4 is 23.3 Å². The minimum atomic E-state index is -0.183. The highest BCUT2D eigenvalue weighted by molar-refractivity contribution is 7.07. The molecule has 0 radical (unpaired) electrons. The molecule has 0 aromatic carbocycles. The molecule has 1 aromatic rings. The molecule has 7 heteroatoms. The lowest BCUT2D eigenvalue weighted by Crippen LogP contribution is -2.48. The van der Waals surface area contributed by atoms with Gasteiger partial charge in [0, 0.05) is 57.1 Å². The van der Waals surface area contributed by atoms with E-state index in [0.717, 1.165) is 19.6 Å². The quantitative estimate of drug-likeness (QED) is 0.868. The third kappa shape index (κ3) is 4.08. The second kappa shape index (κ2) is 7.11. The van der Waals surface area contributed by atoms with Gasteiger partial charge in [0.05, 0.1) is 0 Å². The Morgan fingerprint density at radius 3 is 2.88 bits per heavy atom. The van der Waals surface area contributed by atoms with E-state index in [2.05, 4.69) is 32.4 Å². The van der Waals surface area contributed by atoms with E-state index in [-0.39, 0.29) is 23.4 Å². The van der Waals surface area contributed by atoms with Crippen LogP contribution in [0.3, 0.4) is 0 Å². The molecule has 3 heterocycles. The van der Waals surface area contributed by atoms with E-state index < -0.39 is 0 Å². The van der Waals surface area contributed by atoms with Gasteiger partial charge in [-0.3, -0.25) is 9.69 Å². The van der Waals surface area contributed by atoms with Crippen molar-refractivity contribution in [2.45, 2.75) is 32.9 Å². The van der Waals surface area contributed by atoms with Gasteiger partial charge >= 0.3 is 6.03 Å². The number of hydrogen-bond donors (Lipinski definition) is 2. The minimum absolute atomic E-state index is 0.0268. The van der Waals surface area contributed by atoms with Crippen molar-refractivity contribution in [3.63, 3.8) is 0 Å². The van der Waals surface area contributed by atoms with Crippen LogP contribution < -0.4 is 10.6 Å². The van der Waals surface area contributed by atoms with Gasteiger partial charge in [0.2, 0.25) is 5.91 Å². The van der Waals surface area contributed by atoms with Gasteiger partial charge in [-0.05, 0) is 36.2 Å². The zero-order valence-electron chi connectivity index (χ0n) is 14.4. The molecule has 2 saturated heterocycles. The van der Waals surface area contributed by atoms with Crippen LogP contribution in [0.2, 0.25) is 0 Å². The molecule has 3 amide bonds. The lowest BCUT2D eigenvalue weighted by Gasteiger charge is -2.33. The predicted octanol–water partition coefficient (Wildman–Crippen LogP) is 1.49. The van der Waals surface area contributed by atoms with Crippen LogP contribution >= 0.6 is 11.3 Å². The first-order valence-electron chi connectivity index (χ1n) is 8.51. The lowest BCUT2D eigenvalue weighted by molar-refractivity contribution is -0.119. The average Bonchev–Trinajstić information content (AvgIpc) is 3.08. The normalized spacial score (nSPS) is 25.1.